The van der Waals surface area contributed by atoms with Gasteiger partial charge in [0, 0.05) is 18.7 Å². The molecule has 94 valence electrons. The Bertz CT molecular complexity index is 345. The molecule has 1 fully saturated rings. The fraction of sp³-hybridized carbons (Fsp3) is 0.600. The Balaban J connectivity index is 1.84. The second-order valence-corrected chi connectivity index (χ2v) is 5.33. The molecule has 1 saturated carbocycles. The molecule has 1 aromatic carbocycles. The molecule has 1 N–H and O–H groups in total. The van der Waals surface area contributed by atoms with Gasteiger partial charge in [-0.2, -0.15) is 0 Å². The lowest BCUT2D eigenvalue weighted by molar-refractivity contribution is 0.226. The molecule has 0 bridgehead atoms. The number of aromatic hydroxyl groups is 1. The molecule has 1 aliphatic carbocycles. The highest BCUT2D eigenvalue weighted by Crippen LogP contribution is 2.25. The van der Waals surface area contributed by atoms with Crippen molar-refractivity contribution in [2.75, 3.05) is 13.6 Å². The second-order valence-electron chi connectivity index (χ2n) is 5.33. The largest absolute Gasteiger partial charge is 0.508 e. The van der Waals surface area contributed by atoms with Crippen molar-refractivity contribution in [2.24, 2.45) is 5.92 Å². The minimum absolute atomic E-state index is 0.419. The van der Waals surface area contributed by atoms with Crippen molar-refractivity contribution in [3.8, 4) is 5.75 Å². The molecule has 0 aromatic heterocycles. The number of hydrogen-bond acceptors (Lipinski definition) is 2. The minimum Gasteiger partial charge on any atom is -0.508 e. The number of benzene rings is 1. The highest BCUT2D eigenvalue weighted by Gasteiger charge is 2.15. The average molecular weight is 233 g/mol. The number of rotatable bonds is 4. The van der Waals surface area contributed by atoms with Crippen molar-refractivity contribution >= 4 is 0 Å². The Morgan fingerprint density at radius 1 is 1.18 bits per heavy atom. The van der Waals surface area contributed by atoms with Gasteiger partial charge in [-0.1, -0.05) is 37.5 Å². The number of phenols is 1. The van der Waals surface area contributed by atoms with E-state index in [4.69, 9.17) is 0 Å². The molecular formula is C15H23NO. The van der Waals surface area contributed by atoms with Crippen molar-refractivity contribution in [3.63, 3.8) is 0 Å². The maximum absolute atomic E-state index is 9.74. The van der Waals surface area contributed by atoms with E-state index < -0.39 is 0 Å². The van der Waals surface area contributed by atoms with Crippen LogP contribution >= 0.6 is 0 Å². The lowest BCUT2D eigenvalue weighted by atomic mass is 9.89. The predicted molar refractivity (Wildman–Crippen MR) is 71.0 cm³/mol. The summed E-state index contributed by atoms with van der Waals surface area (Å²) in [6.07, 6.45) is 6.97. The third-order valence-corrected chi connectivity index (χ3v) is 3.73. The first-order valence-electron chi connectivity index (χ1n) is 6.71. The smallest absolute Gasteiger partial charge is 0.120 e. The molecule has 1 aromatic rings. The molecule has 0 aliphatic heterocycles. The fourth-order valence-electron chi connectivity index (χ4n) is 2.81. The van der Waals surface area contributed by atoms with Crippen LogP contribution in [-0.4, -0.2) is 23.6 Å². The third-order valence-electron chi connectivity index (χ3n) is 3.73. The molecule has 0 radical (unpaired) electrons. The van der Waals surface area contributed by atoms with Crippen LogP contribution in [0.5, 0.6) is 5.75 Å². The molecule has 0 heterocycles. The van der Waals surface area contributed by atoms with Crippen LogP contribution in [0.4, 0.5) is 0 Å². The van der Waals surface area contributed by atoms with Crippen LogP contribution in [0.15, 0.2) is 24.3 Å². The van der Waals surface area contributed by atoms with Gasteiger partial charge in [-0.3, -0.25) is 0 Å². The van der Waals surface area contributed by atoms with Crippen LogP contribution in [0.2, 0.25) is 0 Å². The molecule has 1 aliphatic rings. The van der Waals surface area contributed by atoms with E-state index in [-0.39, 0.29) is 0 Å². The average Bonchev–Trinajstić information content (AvgIpc) is 2.33. The molecule has 0 spiro atoms. The Labute approximate surface area is 104 Å². The van der Waals surface area contributed by atoms with E-state index >= 15 is 0 Å². The molecule has 17 heavy (non-hydrogen) atoms. The standard InChI is InChI=1S/C15H23NO/c1-16(11-13-7-3-2-4-8-13)12-14-9-5-6-10-15(14)17/h5-6,9-10,13,17H,2-4,7-8,11-12H2,1H3. The Kier molecular flexibility index (Phi) is 4.43. The zero-order valence-electron chi connectivity index (χ0n) is 10.7. The Morgan fingerprint density at radius 2 is 1.88 bits per heavy atom. The van der Waals surface area contributed by atoms with Crippen LogP contribution < -0.4 is 0 Å². The summed E-state index contributed by atoms with van der Waals surface area (Å²) in [6.45, 7) is 2.01. The summed E-state index contributed by atoms with van der Waals surface area (Å²) < 4.78 is 0. The fourth-order valence-corrected chi connectivity index (χ4v) is 2.81. The number of phenolic OH excluding ortho intramolecular Hbond substituents is 1. The lowest BCUT2D eigenvalue weighted by Gasteiger charge is -2.27. The number of nitrogens with zero attached hydrogens (tertiary/aromatic N) is 1. The van der Waals surface area contributed by atoms with E-state index in [2.05, 4.69) is 11.9 Å². The summed E-state index contributed by atoms with van der Waals surface area (Å²) in [6, 6.07) is 7.64. The summed E-state index contributed by atoms with van der Waals surface area (Å²) in [5.41, 5.74) is 1.03. The normalized spacial score (nSPS) is 17.5. The first kappa shape index (κ1) is 12.4. The summed E-state index contributed by atoms with van der Waals surface area (Å²) in [4.78, 5) is 2.34. The first-order chi connectivity index (χ1) is 8.25. The van der Waals surface area contributed by atoms with Gasteiger partial charge in [0.05, 0.1) is 0 Å². The van der Waals surface area contributed by atoms with E-state index in [0.717, 1.165) is 24.6 Å². The zero-order valence-corrected chi connectivity index (χ0v) is 10.7. The Hall–Kier alpha value is -1.02. The van der Waals surface area contributed by atoms with E-state index in [1.165, 1.54) is 32.1 Å². The molecule has 0 atom stereocenters. The molecule has 0 unspecified atom stereocenters. The van der Waals surface area contributed by atoms with Crippen molar-refractivity contribution in [3.05, 3.63) is 29.8 Å². The van der Waals surface area contributed by atoms with Crippen molar-refractivity contribution in [1.82, 2.24) is 4.90 Å². The molecule has 2 rings (SSSR count). The van der Waals surface area contributed by atoms with E-state index in [9.17, 15) is 5.11 Å². The second kappa shape index (κ2) is 6.06. The van der Waals surface area contributed by atoms with Gasteiger partial charge in [0.15, 0.2) is 0 Å². The first-order valence-corrected chi connectivity index (χ1v) is 6.71. The SMILES string of the molecule is CN(Cc1ccccc1O)CC1CCCCC1. The zero-order chi connectivity index (χ0) is 12.1. The maximum atomic E-state index is 9.74. The van der Waals surface area contributed by atoms with Crippen molar-refractivity contribution in [1.29, 1.82) is 0 Å². The molecule has 2 heteroatoms. The van der Waals surface area contributed by atoms with Gasteiger partial charge in [-0.25, -0.2) is 0 Å². The van der Waals surface area contributed by atoms with Gasteiger partial charge in [0.2, 0.25) is 0 Å². The molecular weight excluding hydrogens is 210 g/mol. The van der Waals surface area contributed by atoms with E-state index in [1.807, 2.05) is 18.2 Å². The van der Waals surface area contributed by atoms with Crippen molar-refractivity contribution < 1.29 is 5.11 Å². The quantitative estimate of drug-likeness (QED) is 0.861. The van der Waals surface area contributed by atoms with Gasteiger partial charge < -0.3 is 10.0 Å². The molecule has 2 nitrogen and oxygen atoms in total. The summed E-state index contributed by atoms with van der Waals surface area (Å²) in [5.74, 6) is 1.28. The van der Waals surface area contributed by atoms with Gasteiger partial charge >= 0.3 is 0 Å². The maximum Gasteiger partial charge on any atom is 0.120 e. The van der Waals surface area contributed by atoms with Gasteiger partial charge in [0.1, 0.15) is 5.75 Å². The molecule has 0 saturated heterocycles. The molecule has 0 amide bonds. The topological polar surface area (TPSA) is 23.5 Å². The van der Waals surface area contributed by atoms with Gasteiger partial charge in [-0.05, 0) is 31.9 Å². The van der Waals surface area contributed by atoms with Gasteiger partial charge in [0.25, 0.3) is 0 Å². The Morgan fingerprint density at radius 3 is 2.59 bits per heavy atom. The summed E-state index contributed by atoms with van der Waals surface area (Å²) in [5, 5.41) is 9.74. The van der Waals surface area contributed by atoms with Crippen LogP contribution in [0.25, 0.3) is 0 Å². The van der Waals surface area contributed by atoms with Crippen molar-refractivity contribution in [2.45, 2.75) is 38.6 Å². The minimum atomic E-state index is 0.419. The number of para-hydroxylation sites is 1. The van der Waals surface area contributed by atoms with Crippen LogP contribution in [-0.2, 0) is 6.54 Å². The van der Waals surface area contributed by atoms with Crippen LogP contribution in [0, 0.1) is 5.92 Å². The number of hydrogen-bond donors (Lipinski definition) is 1. The highest BCUT2D eigenvalue weighted by molar-refractivity contribution is 5.31. The lowest BCUT2D eigenvalue weighted by Crippen LogP contribution is -2.26. The van der Waals surface area contributed by atoms with E-state index in [0.29, 0.717) is 5.75 Å². The predicted octanol–water partition coefficient (Wildman–Crippen LogP) is 3.40. The monoisotopic (exact) mass is 233 g/mol. The highest BCUT2D eigenvalue weighted by atomic mass is 16.3. The van der Waals surface area contributed by atoms with E-state index in [1.54, 1.807) is 6.07 Å². The summed E-state index contributed by atoms with van der Waals surface area (Å²) >= 11 is 0. The summed E-state index contributed by atoms with van der Waals surface area (Å²) in [7, 11) is 2.15. The van der Waals surface area contributed by atoms with Gasteiger partial charge in [-0.15, -0.1) is 0 Å². The third kappa shape index (κ3) is 3.74. The van der Waals surface area contributed by atoms with Crippen LogP contribution in [0.3, 0.4) is 0 Å². The van der Waals surface area contributed by atoms with Crippen LogP contribution in [0.1, 0.15) is 37.7 Å².